The molecule has 0 amide bonds. The van der Waals surface area contributed by atoms with Gasteiger partial charge >= 0.3 is 11.9 Å². The van der Waals surface area contributed by atoms with Crippen LogP contribution in [0.4, 0.5) is 0 Å². The summed E-state index contributed by atoms with van der Waals surface area (Å²) in [5.41, 5.74) is 0.918. The van der Waals surface area contributed by atoms with Gasteiger partial charge in [0.05, 0.1) is 24.3 Å². The van der Waals surface area contributed by atoms with Crippen LogP contribution in [0.1, 0.15) is 105 Å². The van der Waals surface area contributed by atoms with Crippen LogP contribution in [0.5, 0.6) is 11.5 Å². The molecule has 1 atom stereocenters. The zero-order chi connectivity index (χ0) is 27.0. The second kappa shape index (κ2) is 16.7. The molecule has 6 nitrogen and oxygen atoms in total. The molecular weight excluding hydrogens is 480 g/mol. The van der Waals surface area contributed by atoms with Gasteiger partial charge in [-0.15, -0.1) is 0 Å². The molecule has 1 fully saturated rings. The predicted octanol–water partition coefficient (Wildman–Crippen LogP) is 7.79. The van der Waals surface area contributed by atoms with Crippen LogP contribution in [0.15, 0.2) is 48.5 Å². The quantitative estimate of drug-likeness (QED) is 0.165. The summed E-state index contributed by atoms with van der Waals surface area (Å²) in [5, 5.41) is 0. The third kappa shape index (κ3) is 10.0. The molecule has 0 saturated heterocycles. The Bertz CT molecular complexity index is 947. The van der Waals surface area contributed by atoms with Gasteiger partial charge in [0.15, 0.2) is 0 Å². The summed E-state index contributed by atoms with van der Waals surface area (Å²) >= 11 is 0. The van der Waals surface area contributed by atoms with Gasteiger partial charge in [0.2, 0.25) is 0 Å². The van der Waals surface area contributed by atoms with E-state index in [2.05, 4.69) is 13.8 Å². The molecule has 208 valence electrons. The lowest BCUT2D eigenvalue weighted by atomic mass is 9.85. The second-order valence-corrected chi connectivity index (χ2v) is 10.1. The van der Waals surface area contributed by atoms with Crippen LogP contribution in [0, 0.1) is 5.92 Å². The molecule has 0 bridgehead atoms. The largest absolute Gasteiger partial charge is 0.494 e. The summed E-state index contributed by atoms with van der Waals surface area (Å²) in [5.74, 6) is 0.833. The molecule has 0 aromatic heterocycles. The Balaban J connectivity index is 1.54. The van der Waals surface area contributed by atoms with Gasteiger partial charge in [-0.3, -0.25) is 0 Å². The monoisotopic (exact) mass is 524 g/mol. The topological polar surface area (TPSA) is 71.1 Å². The lowest BCUT2D eigenvalue weighted by Gasteiger charge is -2.29. The SMILES string of the molecule is CCCCCOc1ccc(C(=O)OCC(OC(=O)c2ccc(OCCCCC)cc2)C2CCCCC2)cc1. The first kappa shape index (κ1) is 29.5. The van der Waals surface area contributed by atoms with Gasteiger partial charge in [-0.2, -0.15) is 0 Å². The Morgan fingerprint density at radius 3 is 1.71 bits per heavy atom. The molecule has 1 saturated carbocycles. The lowest BCUT2D eigenvalue weighted by Crippen LogP contribution is -2.33. The first-order chi connectivity index (χ1) is 18.6. The number of hydrogen-bond acceptors (Lipinski definition) is 6. The highest BCUT2D eigenvalue weighted by Gasteiger charge is 2.29. The van der Waals surface area contributed by atoms with E-state index in [1.807, 2.05) is 0 Å². The number of carbonyl (C=O) groups is 2. The number of benzene rings is 2. The number of rotatable bonds is 16. The number of carbonyl (C=O) groups excluding carboxylic acids is 2. The van der Waals surface area contributed by atoms with Crippen molar-refractivity contribution in [2.24, 2.45) is 5.92 Å². The van der Waals surface area contributed by atoms with Crippen molar-refractivity contribution in [3.8, 4) is 11.5 Å². The van der Waals surface area contributed by atoms with Crippen LogP contribution in [0.25, 0.3) is 0 Å². The minimum atomic E-state index is -0.474. The maximum atomic E-state index is 13.0. The number of esters is 2. The van der Waals surface area contributed by atoms with Crippen LogP contribution >= 0.6 is 0 Å². The van der Waals surface area contributed by atoms with Crippen LogP contribution in [-0.4, -0.2) is 37.9 Å². The van der Waals surface area contributed by atoms with Gasteiger partial charge < -0.3 is 18.9 Å². The highest BCUT2D eigenvalue weighted by Crippen LogP contribution is 2.29. The van der Waals surface area contributed by atoms with Crippen molar-refractivity contribution in [2.45, 2.75) is 90.6 Å². The predicted molar refractivity (Wildman–Crippen MR) is 149 cm³/mol. The normalized spacial score (nSPS) is 14.5. The molecule has 0 N–H and O–H groups in total. The third-order valence-electron chi connectivity index (χ3n) is 7.03. The van der Waals surface area contributed by atoms with Crippen molar-refractivity contribution in [3.63, 3.8) is 0 Å². The fourth-order valence-electron chi connectivity index (χ4n) is 4.68. The molecule has 6 heteroatoms. The number of hydrogen-bond donors (Lipinski definition) is 0. The van der Waals surface area contributed by atoms with Gasteiger partial charge in [-0.1, -0.05) is 58.8 Å². The highest BCUT2D eigenvalue weighted by molar-refractivity contribution is 5.90. The molecule has 0 aliphatic heterocycles. The molecule has 38 heavy (non-hydrogen) atoms. The fourth-order valence-corrected chi connectivity index (χ4v) is 4.68. The van der Waals surface area contributed by atoms with Crippen molar-refractivity contribution >= 4 is 11.9 Å². The summed E-state index contributed by atoms with van der Waals surface area (Å²) in [6.45, 7) is 5.69. The van der Waals surface area contributed by atoms with E-state index < -0.39 is 18.0 Å². The first-order valence-corrected chi connectivity index (χ1v) is 14.4. The fraction of sp³-hybridized carbons (Fsp3) is 0.562. The minimum absolute atomic E-state index is 0.0448. The standard InChI is InChI=1S/C32H44O6/c1-3-5-10-22-35-28-18-14-26(15-19-28)31(33)37-24-30(25-12-8-7-9-13-25)38-32(34)27-16-20-29(21-17-27)36-23-11-6-4-2/h14-21,25,30H,3-13,22-24H2,1-2H3. The Labute approximate surface area is 228 Å². The lowest BCUT2D eigenvalue weighted by molar-refractivity contribution is -0.0247. The zero-order valence-electron chi connectivity index (χ0n) is 23.1. The van der Waals surface area contributed by atoms with Gasteiger partial charge in [-0.05, 0) is 80.1 Å². The maximum absolute atomic E-state index is 13.0. The summed E-state index contributed by atoms with van der Waals surface area (Å²) in [6, 6.07) is 14.1. The van der Waals surface area contributed by atoms with E-state index in [1.165, 1.54) is 6.42 Å². The first-order valence-electron chi connectivity index (χ1n) is 14.4. The van der Waals surface area contributed by atoms with E-state index in [1.54, 1.807) is 48.5 Å². The van der Waals surface area contributed by atoms with Crippen molar-refractivity contribution in [3.05, 3.63) is 59.7 Å². The molecule has 2 aromatic carbocycles. The molecule has 3 rings (SSSR count). The summed E-state index contributed by atoms with van der Waals surface area (Å²) < 4.78 is 23.0. The Hall–Kier alpha value is -3.02. The molecule has 0 radical (unpaired) electrons. The van der Waals surface area contributed by atoms with Gasteiger partial charge in [0, 0.05) is 0 Å². The van der Waals surface area contributed by atoms with Crippen molar-refractivity contribution < 1.29 is 28.5 Å². The number of ether oxygens (including phenoxy) is 4. The molecule has 2 aromatic rings. The molecular formula is C32H44O6. The number of unbranched alkanes of at least 4 members (excludes halogenated alkanes) is 4. The van der Waals surface area contributed by atoms with Crippen LogP contribution in [0.2, 0.25) is 0 Å². The third-order valence-corrected chi connectivity index (χ3v) is 7.03. The maximum Gasteiger partial charge on any atom is 0.338 e. The van der Waals surface area contributed by atoms with E-state index in [0.29, 0.717) is 24.3 Å². The highest BCUT2D eigenvalue weighted by atomic mass is 16.6. The van der Waals surface area contributed by atoms with E-state index in [9.17, 15) is 9.59 Å². The summed E-state index contributed by atoms with van der Waals surface area (Å²) in [7, 11) is 0. The van der Waals surface area contributed by atoms with Crippen molar-refractivity contribution in [1.82, 2.24) is 0 Å². The van der Waals surface area contributed by atoms with Gasteiger partial charge in [-0.25, -0.2) is 9.59 Å². The summed E-state index contributed by atoms with van der Waals surface area (Å²) in [4.78, 5) is 25.7. The van der Waals surface area contributed by atoms with Crippen molar-refractivity contribution in [2.75, 3.05) is 19.8 Å². The molecule has 1 aliphatic carbocycles. The minimum Gasteiger partial charge on any atom is -0.494 e. The van der Waals surface area contributed by atoms with E-state index in [4.69, 9.17) is 18.9 Å². The Kier molecular flexibility index (Phi) is 13.0. The van der Waals surface area contributed by atoms with Gasteiger partial charge in [0.1, 0.15) is 24.2 Å². The Morgan fingerprint density at radius 2 is 1.21 bits per heavy atom. The van der Waals surface area contributed by atoms with Crippen molar-refractivity contribution in [1.29, 1.82) is 0 Å². The van der Waals surface area contributed by atoms with Crippen LogP contribution in [0.3, 0.4) is 0 Å². The van der Waals surface area contributed by atoms with E-state index in [0.717, 1.165) is 75.7 Å². The van der Waals surface area contributed by atoms with E-state index in [-0.39, 0.29) is 12.5 Å². The molecule has 0 heterocycles. The zero-order valence-corrected chi connectivity index (χ0v) is 23.1. The second-order valence-electron chi connectivity index (χ2n) is 10.1. The Morgan fingerprint density at radius 1 is 0.711 bits per heavy atom. The van der Waals surface area contributed by atoms with Gasteiger partial charge in [0.25, 0.3) is 0 Å². The average Bonchev–Trinajstić information content (AvgIpc) is 2.96. The van der Waals surface area contributed by atoms with E-state index >= 15 is 0 Å². The van der Waals surface area contributed by atoms with Crippen LogP contribution < -0.4 is 9.47 Å². The smallest absolute Gasteiger partial charge is 0.338 e. The summed E-state index contributed by atoms with van der Waals surface area (Å²) in [6.07, 6.45) is 11.4. The van der Waals surface area contributed by atoms with Crippen LogP contribution in [-0.2, 0) is 9.47 Å². The molecule has 1 aliphatic rings. The molecule has 0 spiro atoms. The molecule has 1 unspecified atom stereocenters. The average molecular weight is 525 g/mol.